The number of likely N-dealkylation sites (tertiary alicyclic amines) is 1. The number of carbonyl (C=O) groups excluding carboxylic acids is 1. The van der Waals surface area contributed by atoms with E-state index in [2.05, 4.69) is 4.74 Å². The molecule has 0 aromatic heterocycles. The second kappa shape index (κ2) is 5.48. The number of carbonyl (C=O) groups is 2. The van der Waals surface area contributed by atoms with Gasteiger partial charge >= 0.3 is 12.1 Å². The highest BCUT2D eigenvalue weighted by atomic mass is 19.1. The Bertz CT molecular complexity index is 305. The maximum atomic E-state index is 13.0. The van der Waals surface area contributed by atoms with Crippen molar-refractivity contribution < 1.29 is 23.8 Å². The smallest absolute Gasteiger partial charge is 0.407 e. The topological polar surface area (TPSA) is 66.8 Å². The number of nitrogens with zero attached hydrogens (tertiary/aromatic N) is 1. The number of alkyl halides is 1. The van der Waals surface area contributed by atoms with Crippen LogP contribution in [-0.4, -0.2) is 47.4 Å². The molecule has 0 bridgehead atoms. The van der Waals surface area contributed by atoms with E-state index in [0.29, 0.717) is 0 Å². The minimum atomic E-state index is -1.18. The SMILES string of the molecule is CCOC(=O)/C=C/[C@@H]1C[C@@H](F)CN1C(=O)O. The maximum absolute atomic E-state index is 13.0. The Balaban J connectivity index is 2.58. The molecule has 1 fully saturated rings. The van der Waals surface area contributed by atoms with Gasteiger partial charge in [-0.15, -0.1) is 0 Å². The van der Waals surface area contributed by atoms with E-state index < -0.39 is 24.3 Å². The predicted octanol–water partition coefficient (Wildman–Crippen LogP) is 1.20. The number of halogens is 1. The Hall–Kier alpha value is -1.59. The molecule has 1 aliphatic heterocycles. The van der Waals surface area contributed by atoms with Gasteiger partial charge in [0.1, 0.15) is 6.17 Å². The van der Waals surface area contributed by atoms with Crippen LogP contribution >= 0.6 is 0 Å². The number of ether oxygens (including phenoxy) is 1. The van der Waals surface area contributed by atoms with E-state index in [9.17, 15) is 14.0 Å². The second-order valence-electron chi connectivity index (χ2n) is 3.45. The predicted molar refractivity (Wildman–Crippen MR) is 53.8 cm³/mol. The van der Waals surface area contributed by atoms with Crippen LogP contribution in [0.3, 0.4) is 0 Å². The quantitative estimate of drug-likeness (QED) is 0.585. The van der Waals surface area contributed by atoms with E-state index in [4.69, 9.17) is 5.11 Å². The average molecular weight is 231 g/mol. The number of rotatable bonds is 3. The molecule has 1 N–H and O–H groups in total. The van der Waals surface area contributed by atoms with Crippen LogP contribution in [0.15, 0.2) is 12.2 Å². The monoisotopic (exact) mass is 231 g/mol. The van der Waals surface area contributed by atoms with Crippen molar-refractivity contribution in [1.82, 2.24) is 4.90 Å². The number of hydrogen-bond donors (Lipinski definition) is 1. The molecule has 5 nitrogen and oxygen atoms in total. The second-order valence-corrected chi connectivity index (χ2v) is 3.45. The molecule has 0 aromatic rings. The maximum Gasteiger partial charge on any atom is 0.407 e. The van der Waals surface area contributed by atoms with Crippen molar-refractivity contribution in [3.63, 3.8) is 0 Å². The first-order chi connectivity index (χ1) is 7.54. The zero-order chi connectivity index (χ0) is 12.1. The highest BCUT2D eigenvalue weighted by molar-refractivity contribution is 5.82. The average Bonchev–Trinajstić information content (AvgIpc) is 2.57. The standard InChI is InChI=1S/C10H14FNO4/c1-2-16-9(13)4-3-8-5-7(11)6-12(8)10(14)15/h3-4,7-8H,2,5-6H2,1H3,(H,14,15)/b4-3+/t7-,8-/m1/s1. The zero-order valence-electron chi connectivity index (χ0n) is 8.93. The molecule has 0 aliphatic carbocycles. The molecule has 1 rings (SSSR count). The number of hydrogen-bond acceptors (Lipinski definition) is 3. The lowest BCUT2D eigenvalue weighted by Crippen LogP contribution is -2.33. The Morgan fingerprint density at radius 2 is 2.31 bits per heavy atom. The summed E-state index contributed by atoms with van der Waals surface area (Å²) in [7, 11) is 0. The van der Waals surface area contributed by atoms with Gasteiger partial charge in [-0.05, 0) is 6.92 Å². The molecule has 6 heteroatoms. The number of esters is 1. The first-order valence-electron chi connectivity index (χ1n) is 5.03. The van der Waals surface area contributed by atoms with Gasteiger partial charge in [-0.1, -0.05) is 6.08 Å². The van der Waals surface area contributed by atoms with Gasteiger partial charge in [0.15, 0.2) is 0 Å². The van der Waals surface area contributed by atoms with E-state index in [1.54, 1.807) is 6.92 Å². The van der Waals surface area contributed by atoms with Crippen molar-refractivity contribution in [1.29, 1.82) is 0 Å². The molecule has 0 saturated carbocycles. The molecular weight excluding hydrogens is 217 g/mol. The number of amides is 1. The summed E-state index contributed by atoms with van der Waals surface area (Å²) in [5.41, 5.74) is 0. The van der Waals surface area contributed by atoms with Crippen molar-refractivity contribution in [3.8, 4) is 0 Å². The van der Waals surface area contributed by atoms with Crippen molar-refractivity contribution in [2.24, 2.45) is 0 Å². The Morgan fingerprint density at radius 1 is 1.62 bits per heavy atom. The summed E-state index contributed by atoms with van der Waals surface area (Å²) < 4.78 is 17.6. The van der Waals surface area contributed by atoms with Crippen LogP contribution in [0, 0.1) is 0 Å². The summed E-state index contributed by atoms with van der Waals surface area (Å²) in [4.78, 5) is 22.7. The summed E-state index contributed by atoms with van der Waals surface area (Å²) in [6.07, 6.45) is 0.238. The van der Waals surface area contributed by atoms with Crippen molar-refractivity contribution in [2.75, 3.05) is 13.2 Å². The fourth-order valence-corrected chi connectivity index (χ4v) is 1.60. The molecule has 0 aromatic carbocycles. The van der Waals surface area contributed by atoms with Crippen LogP contribution in [0.1, 0.15) is 13.3 Å². The molecule has 1 amide bonds. The van der Waals surface area contributed by atoms with Gasteiger partial charge in [0.25, 0.3) is 0 Å². The first-order valence-corrected chi connectivity index (χ1v) is 5.03. The molecule has 1 saturated heterocycles. The lowest BCUT2D eigenvalue weighted by molar-refractivity contribution is -0.137. The van der Waals surface area contributed by atoms with Crippen LogP contribution < -0.4 is 0 Å². The van der Waals surface area contributed by atoms with Gasteiger partial charge < -0.3 is 9.84 Å². The van der Waals surface area contributed by atoms with E-state index in [1.807, 2.05) is 0 Å². The van der Waals surface area contributed by atoms with Crippen molar-refractivity contribution >= 4 is 12.1 Å². The Kier molecular flexibility index (Phi) is 4.28. The third-order valence-electron chi connectivity index (χ3n) is 2.28. The molecule has 1 heterocycles. The van der Waals surface area contributed by atoms with Crippen LogP contribution in [0.5, 0.6) is 0 Å². The molecule has 90 valence electrons. The van der Waals surface area contributed by atoms with E-state index in [1.165, 1.54) is 6.08 Å². The molecule has 16 heavy (non-hydrogen) atoms. The normalized spacial score (nSPS) is 25.0. The van der Waals surface area contributed by atoms with Gasteiger partial charge in [-0.2, -0.15) is 0 Å². The van der Waals surface area contributed by atoms with Gasteiger partial charge in [-0.3, -0.25) is 4.90 Å². The summed E-state index contributed by atoms with van der Waals surface area (Å²) >= 11 is 0. The highest BCUT2D eigenvalue weighted by Gasteiger charge is 2.33. The van der Waals surface area contributed by atoms with E-state index >= 15 is 0 Å². The van der Waals surface area contributed by atoms with Crippen LogP contribution in [0.4, 0.5) is 9.18 Å². The molecule has 0 radical (unpaired) electrons. The third-order valence-corrected chi connectivity index (χ3v) is 2.28. The minimum Gasteiger partial charge on any atom is -0.465 e. The molecule has 0 unspecified atom stereocenters. The molecule has 1 aliphatic rings. The van der Waals surface area contributed by atoms with Crippen LogP contribution in [0.25, 0.3) is 0 Å². The highest BCUT2D eigenvalue weighted by Crippen LogP contribution is 2.21. The van der Waals surface area contributed by atoms with Crippen molar-refractivity contribution in [2.45, 2.75) is 25.6 Å². The molecule has 2 atom stereocenters. The Morgan fingerprint density at radius 3 is 2.88 bits per heavy atom. The molecular formula is C10H14FNO4. The summed E-state index contributed by atoms with van der Waals surface area (Å²) in [6.45, 7) is 1.78. The lowest BCUT2D eigenvalue weighted by Gasteiger charge is -2.17. The fourth-order valence-electron chi connectivity index (χ4n) is 1.60. The fraction of sp³-hybridized carbons (Fsp3) is 0.600. The first kappa shape index (κ1) is 12.5. The van der Waals surface area contributed by atoms with Crippen molar-refractivity contribution in [3.05, 3.63) is 12.2 Å². The third kappa shape index (κ3) is 3.22. The van der Waals surface area contributed by atoms with E-state index in [-0.39, 0.29) is 19.6 Å². The van der Waals surface area contributed by atoms with Crippen LogP contribution in [-0.2, 0) is 9.53 Å². The summed E-state index contributed by atoms with van der Waals surface area (Å²) in [5.74, 6) is -0.546. The van der Waals surface area contributed by atoms with Crippen LogP contribution in [0.2, 0.25) is 0 Å². The van der Waals surface area contributed by atoms with Gasteiger partial charge in [0.05, 0.1) is 19.2 Å². The number of carboxylic acid groups (broad SMARTS) is 1. The van der Waals surface area contributed by atoms with Gasteiger partial charge in [0, 0.05) is 12.5 Å². The zero-order valence-corrected chi connectivity index (χ0v) is 8.93. The largest absolute Gasteiger partial charge is 0.465 e. The summed E-state index contributed by atoms with van der Waals surface area (Å²) in [6, 6.07) is -0.586. The van der Waals surface area contributed by atoms with E-state index in [0.717, 1.165) is 11.0 Å². The van der Waals surface area contributed by atoms with Gasteiger partial charge in [0.2, 0.25) is 0 Å². The Labute approximate surface area is 92.5 Å². The molecule has 0 spiro atoms. The lowest BCUT2D eigenvalue weighted by atomic mass is 10.2. The summed E-state index contributed by atoms with van der Waals surface area (Å²) in [5, 5.41) is 8.78. The van der Waals surface area contributed by atoms with Gasteiger partial charge in [-0.25, -0.2) is 14.0 Å². The minimum absolute atomic E-state index is 0.0855.